The Bertz CT molecular complexity index is 385. The van der Waals surface area contributed by atoms with Gasteiger partial charge in [0.2, 0.25) is 0 Å². The molecule has 3 heteroatoms. The van der Waals surface area contributed by atoms with Crippen LogP contribution in [0, 0.1) is 3.57 Å². The minimum absolute atomic E-state index is 0.234. The molecule has 0 aliphatic rings. The van der Waals surface area contributed by atoms with E-state index in [9.17, 15) is 4.79 Å². The molecule has 0 aliphatic heterocycles. The van der Waals surface area contributed by atoms with E-state index in [-0.39, 0.29) is 12.1 Å². The second-order valence-corrected chi connectivity index (χ2v) is 4.51. The summed E-state index contributed by atoms with van der Waals surface area (Å²) in [6.45, 7) is 7.05. The minimum atomic E-state index is -0.345. The van der Waals surface area contributed by atoms with Crippen LogP contribution in [-0.2, 0) is 9.53 Å². The summed E-state index contributed by atoms with van der Waals surface area (Å²) in [5.41, 5.74) is 1.44. The Balaban J connectivity index is 2.78. The maximum atomic E-state index is 11.3. The number of halogens is 1. The van der Waals surface area contributed by atoms with Crippen molar-refractivity contribution in [1.82, 2.24) is 0 Å². The Hall–Kier alpha value is -0.840. The van der Waals surface area contributed by atoms with E-state index in [1.165, 1.54) is 0 Å². The Kier molecular flexibility index (Phi) is 4.32. The lowest BCUT2D eigenvalue weighted by Gasteiger charge is -2.14. The average Bonchev–Trinajstić information content (AvgIpc) is 2.18. The first-order valence-corrected chi connectivity index (χ1v) is 5.71. The summed E-state index contributed by atoms with van der Waals surface area (Å²) in [6, 6.07) is 7.83. The van der Waals surface area contributed by atoms with Crippen molar-refractivity contribution in [2.24, 2.45) is 0 Å². The Morgan fingerprint density at radius 1 is 1.47 bits per heavy atom. The average molecular weight is 316 g/mol. The SMILES string of the molecule is C=C(C)C(=O)OC(C)c1ccccc1I. The van der Waals surface area contributed by atoms with Gasteiger partial charge in [0.25, 0.3) is 0 Å². The van der Waals surface area contributed by atoms with Crippen LogP contribution in [0.5, 0.6) is 0 Å². The van der Waals surface area contributed by atoms with Crippen LogP contribution in [0.25, 0.3) is 0 Å². The summed E-state index contributed by atoms with van der Waals surface area (Å²) in [5.74, 6) is -0.345. The highest BCUT2D eigenvalue weighted by atomic mass is 127. The van der Waals surface area contributed by atoms with Crippen molar-refractivity contribution < 1.29 is 9.53 Å². The van der Waals surface area contributed by atoms with Gasteiger partial charge >= 0.3 is 5.97 Å². The summed E-state index contributed by atoms with van der Waals surface area (Å²) >= 11 is 2.23. The number of ether oxygens (including phenoxy) is 1. The first-order valence-electron chi connectivity index (χ1n) is 4.63. The van der Waals surface area contributed by atoms with Crippen molar-refractivity contribution in [2.45, 2.75) is 20.0 Å². The van der Waals surface area contributed by atoms with Crippen LogP contribution < -0.4 is 0 Å². The molecule has 0 amide bonds. The monoisotopic (exact) mass is 316 g/mol. The fourth-order valence-electron chi connectivity index (χ4n) is 1.13. The lowest BCUT2D eigenvalue weighted by molar-refractivity contribution is -0.143. The number of carbonyl (C=O) groups excluding carboxylic acids is 1. The van der Waals surface area contributed by atoms with Crippen molar-refractivity contribution in [1.29, 1.82) is 0 Å². The van der Waals surface area contributed by atoms with Crippen LogP contribution in [0.3, 0.4) is 0 Å². The lowest BCUT2D eigenvalue weighted by Crippen LogP contribution is -2.10. The topological polar surface area (TPSA) is 26.3 Å². The van der Waals surface area contributed by atoms with Gasteiger partial charge in [-0.05, 0) is 42.5 Å². The van der Waals surface area contributed by atoms with Gasteiger partial charge in [0.15, 0.2) is 0 Å². The van der Waals surface area contributed by atoms with Crippen LogP contribution in [-0.4, -0.2) is 5.97 Å². The molecule has 1 rings (SSSR count). The van der Waals surface area contributed by atoms with Crippen molar-refractivity contribution in [2.75, 3.05) is 0 Å². The number of hydrogen-bond donors (Lipinski definition) is 0. The molecular weight excluding hydrogens is 303 g/mol. The third kappa shape index (κ3) is 3.34. The van der Waals surface area contributed by atoms with E-state index >= 15 is 0 Å². The molecule has 0 saturated heterocycles. The van der Waals surface area contributed by atoms with Gasteiger partial charge in [0.05, 0.1) is 0 Å². The van der Waals surface area contributed by atoms with E-state index in [4.69, 9.17) is 4.74 Å². The maximum Gasteiger partial charge on any atom is 0.333 e. The van der Waals surface area contributed by atoms with Crippen molar-refractivity contribution >= 4 is 28.6 Å². The molecule has 0 spiro atoms. The molecule has 0 radical (unpaired) electrons. The van der Waals surface area contributed by atoms with Crippen molar-refractivity contribution in [3.05, 3.63) is 45.6 Å². The molecule has 0 aliphatic carbocycles. The van der Waals surface area contributed by atoms with E-state index < -0.39 is 0 Å². The molecule has 0 bridgehead atoms. The van der Waals surface area contributed by atoms with Crippen LogP contribution in [0.4, 0.5) is 0 Å². The summed E-state index contributed by atoms with van der Waals surface area (Å²) in [7, 11) is 0. The van der Waals surface area contributed by atoms with E-state index in [0.717, 1.165) is 9.13 Å². The number of benzene rings is 1. The zero-order valence-electron chi connectivity index (χ0n) is 8.79. The van der Waals surface area contributed by atoms with Crippen LogP contribution >= 0.6 is 22.6 Å². The number of esters is 1. The third-order valence-electron chi connectivity index (χ3n) is 1.98. The van der Waals surface area contributed by atoms with E-state index in [1.807, 2.05) is 31.2 Å². The van der Waals surface area contributed by atoms with Gasteiger partial charge in [-0.15, -0.1) is 0 Å². The van der Waals surface area contributed by atoms with Gasteiger partial charge in [-0.1, -0.05) is 24.8 Å². The molecular formula is C12H13IO2. The van der Waals surface area contributed by atoms with E-state index in [2.05, 4.69) is 29.2 Å². The normalized spacial score (nSPS) is 11.9. The smallest absolute Gasteiger partial charge is 0.333 e. The van der Waals surface area contributed by atoms with E-state index in [1.54, 1.807) is 6.92 Å². The highest BCUT2D eigenvalue weighted by Gasteiger charge is 2.13. The van der Waals surface area contributed by atoms with Crippen LogP contribution in [0.1, 0.15) is 25.5 Å². The Morgan fingerprint density at radius 3 is 2.60 bits per heavy atom. The summed E-state index contributed by atoms with van der Waals surface area (Å²) < 4.78 is 6.33. The Morgan fingerprint density at radius 2 is 2.07 bits per heavy atom. The van der Waals surface area contributed by atoms with Gasteiger partial charge in [-0.25, -0.2) is 4.79 Å². The van der Waals surface area contributed by atoms with E-state index in [0.29, 0.717) is 5.57 Å². The fraction of sp³-hybridized carbons (Fsp3) is 0.250. The largest absolute Gasteiger partial charge is 0.454 e. The predicted octanol–water partition coefficient (Wildman–Crippen LogP) is 3.47. The van der Waals surface area contributed by atoms with Gasteiger partial charge in [0, 0.05) is 14.7 Å². The van der Waals surface area contributed by atoms with Crippen molar-refractivity contribution in [3.8, 4) is 0 Å². The zero-order valence-corrected chi connectivity index (χ0v) is 10.9. The molecule has 15 heavy (non-hydrogen) atoms. The molecule has 0 N–H and O–H groups in total. The zero-order chi connectivity index (χ0) is 11.4. The van der Waals surface area contributed by atoms with Gasteiger partial charge in [-0.2, -0.15) is 0 Å². The predicted molar refractivity (Wildman–Crippen MR) is 68.5 cm³/mol. The molecule has 0 aromatic heterocycles. The second kappa shape index (κ2) is 5.30. The quantitative estimate of drug-likeness (QED) is 0.485. The lowest BCUT2D eigenvalue weighted by atomic mass is 10.1. The van der Waals surface area contributed by atoms with Crippen LogP contribution in [0.15, 0.2) is 36.4 Å². The summed E-state index contributed by atoms with van der Waals surface area (Å²) in [6.07, 6.45) is -0.234. The van der Waals surface area contributed by atoms with Gasteiger partial charge < -0.3 is 4.74 Å². The highest BCUT2D eigenvalue weighted by molar-refractivity contribution is 14.1. The minimum Gasteiger partial charge on any atom is -0.454 e. The molecule has 80 valence electrons. The molecule has 0 heterocycles. The molecule has 0 fully saturated rings. The molecule has 1 aromatic rings. The highest BCUT2D eigenvalue weighted by Crippen LogP contribution is 2.23. The number of rotatable bonds is 3. The molecule has 0 saturated carbocycles. The molecule has 1 aromatic carbocycles. The number of hydrogen-bond acceptors (Lipinski definition) is 2. The summed E-state index contributed by atoms with van der Waals surface area (Å²) in [5, 5.41) is 0. The third-order valence-corrected chi connectivity index (χ3v) is 2.96. The fourth-order valence-corrected chi connectivity index (χ4v) is 1.96. The first-order chi connectivity index (χ1) is 7.02. The molecule has 1 unspecified atom stereocenters. The second-order valence-electron chi connectivity index (χ2n) is 3.35. The van der Waals surface area contributed by atoms with Crippen molar-refractivity contribution in [3.63, 3.8) is 0 Å². The van der Waals surface area contributed by atoms with Gasteiger partial charge in [-0.3, -0.25) is 0 Å². The first kappa shape index (κ1) is 12.2. The number of carbonyl (C=O) groups is 1. The molecule has 1 atom stereocenters. The molecule has 2 nitrogen and oxygen atoms in total. The van der Waals surface area contributed by atoms with Crippen LogP contribution in [0.2, 0.25) is 0 Å². The standard InChI is InChI=1S/C12H13IO2/c1-8(2)12(14)15-9(3)10-6-4-5-7-11(10)13/h4-7,9H,1H2,2-3H3. The maximum absolute atomic E-state index is 11.3. The Labute approximate surface area is 103 Å². The van der Waals surface area contributed by atoms with Gasteiger partial charge in [0.1, 0.15) is 6.10 Å². The summed E-state index contributed by atoms with van der Waals surface area (Å²) in [4.78, 5) is 11.3.